The Kier molecular flexibility index (Phi) is 7.19. The number of aliphatic hydroxyl groups excluding tert-OH is 1. The molecule has 46 heavy (non-hydrogen) atoms. The molecule has 2 bridgehead atoms. The highest BCUT2D eigenvalue weighted by Gasteiger charge is 2.74. The van der Waals surface area contributed by atoms with Crippen LogP contribution in [0.5, 0.6) is 0 Å². The van der Waals surface area contributed by atoms with Gasteiger partial charge in [-0.15, -0.1) is 0 Å². The maximum absolute atomic E-state index is 14.5. The molecule has 3 fully saturated rings. The first kappa shape index (κ1) is 31.9. The Morgan fingerprint density at radius 2 is 1.61 bits per heavy atom. The molecule has 0 amide bonds. The first-order chi connectivity index (χ1) is 21.6. The van der Waals surface area contributed by atoms with Gasteiger partial charge in [0.2, 0.25) is 10.0 Å². The molecule has 0 aliphatic heterocycles. The van der Waals surface area contributed by atoms with Crippen LogP contribution in [0.4, 0.5) is 8.78 Å². The minimum atomic E-state index is -3.69. The summed E-state index contributed by atoms with van der Waals surface area (Å²) in [5.74, 6) is -2.67. The SMILES string of the molecule is C[C@]12CC[C@H]3[C@]4(C=C[C@@]5(C=C4C(=O)c4ccc(F)c(F)c4)CC(O)CC[C@]35C)[C@@H]1CC[C@@]2(O)CN(Cc1ccccc1)S(C)(=O)=O. The van der Waals surface area contributed by atoms with Crippen molar-refractivity contribution in [1.82, 2.24) is 4.31 Å². The Bertz CT molecular complexity index is 1760. The molecule has 0 saturated heterocycles. The summed E-state index contributed by atoms with van der Waals surface area (Å²) in [7, 11) is -3.69. The molecule has 6 aliphatic rings. The molecule has 9 heteroatoms. The van der Waals surface area contributed by atoms with Crippen molar-refractivity contribution >= 4 is 15.8 Å². The van der Waals surface area contributed by atoms with Crippen molar-refractivity contribution < 1.29 is 32.2 Å². The van der Waals surface area contributed by atoms with E-state index in [0.717, 1.165) is 24.1 Å². The highest BCUT2D eigenvalue weighted by Crippen LogP contribution is 2.78. The topological polar surface area (TPSA) is 94.9 Å². The van der Waals surface area contributed by atoms with E-state index >= 15 is 0 Å². The van der Waals surface area contributed by atoms with Gasteiger partial charge in [0, 0.05) is 40.5 Å². The predicted octanol–water partition coefficient (Wildman–Crippen LogP) is 6.20. The number of carbonyl (C=O) groups is 1. The van der Waals surface area contributed by atoms with E-state index in [2.05, 4.69) is 26.0 Å². The lowest BCUT2D eigenvalue weighted by Crippen LogP contribution is -2.67. The van der Waals surface area contributed by atoms with Crippen LogP contribution in [0.15, 0.2) is 72.3 Å². The molecule has 8 atom stereocenters. The molecule has 6 aliphatic carbocycles. The van der Waals surface area contributed by atoms with Gasteiger partial charge in [0.15, 0.2) is 17.4 Å². The van der Waals surface area contributed by atoms with Crippen molar-refractivity contribution in [3.05, 3.63) is 95.1 Å². The van der Waals surface area contributed by atoms with E-state index in [0.29, 0.717) is 44.1 Å². The van der Waals surface area contributed by atoms with Crippen LogP contribution in [0.1, 0.15) is 74.7 Å². The lowest BCUT2D eigenvalue weighted by Gasteiger charge is -2.71. The number of aliphatic hydroxyl groups is 2. The molecule has 2 spiro atoms. The number of fused-ring (bicyclic) bond motifs is 1. The minimum absolute atomic E-state index is 0.0162. The summed E-state index contributed by atoms with van der Waals surface area (Å²) < 4.78 is 56.1. The summed E-state index contributed by atoms with van der Waals surface area (Å²) in [6.07, 6.45) is 11.2. The van der Waals surface area contributed by atoms with E-state index in [4.69, 9.17) is 0 Å². The largest absolute Gasteiger partial charge is 0.393 e. The monoisotopic (exact) mass is 651 g/mol. The molecule has 2 aromatic rings. The second-order valence-electron chi connectivity index (χ2n) is 15.3. The first-order valence-electron chi connectivity index (χ1n) is 16.4. The van der Waals surface area contributed by atoms with Gasteiger partial charge < -0.3 is 10.2 Å². The lowest BCUT2D eigenvalue weighted by molar-refractivity contribution is -0.173. The molecular weight excluding hydrogens is 608 g/mol. The van der Waals surface area contributed by atoms with Crippen LogP contribution in [0.25, 0.3) is 0 Å². The Morgan fingerprint density at radius 1 is 0.935 bits per heavy atom. The second-order valence-corrected chi connectivity index (χ2v) is 17.3. The number of hydrogen-bond acceptors (Lipinski definition) is 5. The van der Waals surface area contributed by atoms with Crippen molar-refractivity contribution in [3.8, 4) is 0 Å². The molecule has 0 aromatic heterocycles. The van der Waals surface area contributed by atoms with Crippen molar-refractivity contribution in [3.63, 3.8) is 0 Å². The number of sulfonamides is 1. The fourth-order valence-corrected chi connectivity index (χ4v) is 11.6. The molecule has 246 valence electrons. The number of benzene rings is 2. The fourth-order valence-electron chi connectivity index (χ4n) is 10.8. The molecule has 0 radical (unpaired) electrons. The number of nitrogens with zero attached hydrogens (tertiary/aromatic N) is 1. The third-order valence-electron chi connectivity index (χ3n) is 13.2. The number of halogens is 2. The molecule has 6 nitrogen and oxygen atoms in total. The molecule has 1 unspecified atom stereocenters. The Balaban J connectivity index is 1.34. The zero-order valence-electron chi connectivity index (χ0n) is 26.7. The van der Waals surface area contributed by atoms with Crippen molar-refractivity contribution in [2.24, 2.45) is 33.5 Å². The van der Waals surface area contributed by atoms with Gasteiger partial charge in [-0.05, 0) is 86.0 Å². The minimum Gasteiger partial charge on any atom is -0.393 e. The summed E-state index contributed by atoms with van der Waals surface area (Å²) in [4.78, 5) is 14.5. The van der Waals surface area contributed by atoms with Crippen LogP contribution in [0.3, 0.4) is 0 Å². The lowest BCUT2D eigenvalue weighted by atomic mass is 9.32. The quantitative estimate of drug-likeness (QED) is 0.275. The van der Waals surface area contributed by atoms with Gasteiger partial charge >= 0.3 is 0 Å². The van der Waals surface area contributed by atoms with Gasteiger partial charge in [-0.3, -0.25) is 4.79 Å². The number of allylic oxidation sites excluding steroid dienone is 4. The van der Waals surface area contributed by atoms with E-state index in [1.54, 1.807) is 0 Å². The standard InChI is InChI=1S/C37H43F2NO5S/c1-33-14-11-26(41)20-35(33)17-18-37(27(21-35)32(42)25-9-10-28(38)29(39)19-25)30(33)12-15-34(2)31(37)13-16-36(34,43)23-40(46(3,44)45)22-24-7-5-4-6-8-24/h4-10,17-19,21,26,30-31,41,43H,11-16,20,22-23H2,1-3H3/t26?,30-,31-,33-,34+,35+,36-,37-/m1/s1. The van der Waals surface area contributed by atoms with Crippen LogP contribution in [-0.2, 0) is 16.6 Å². The van der Waals surface area contributed by atoms with Gasteiger partial charge in [0.25, 0.3) is 0 Å². The zero-order valence-corrected chi connectivity index (χ0v) is 27.5. The number of hydrogen-bond donors (Lipinski definition) is 2. The first-order valence-corrected chi connectivity index (χ1v) is 18.3. The van der Waals surface area contributed by atoms with Crippen LogP contribution in [0, 0.1) is 45.1 Å². The van der Waals surface area contributed by atoms with Crippen LogP contribution in [-0.4, -0.2) is 53.2 Å². The molecule has 0 heterocycles. The second kappa shape index (κ2) is 10.4. The highest BCUT2D eigenvalue weighted by atomic mass is 32.2. The van der Waals surface area contributed by atoms with E-state index < -0.39 is 49.6 Å². The van der Waals surface area contributed by atoms with Crippen molar-refractivity contribution in [1.29, 1.82) is 0 Å². The van der Waals surface area contributed by atoms with Gasteiger partial charge in [-0.2, -0.15) is 4.31 Å². The Morgan fingerprint density at radius 3 is 2.30 bits per heavy atom. The summed E-state index contributed by atoms with van der Waals surface area (Å²) in [5.41, 5.74) is -2.31. The third-order valence-corrected chi connectivity index (χ3v) is 14.4. The smallest absolute Gasteiger partial charge is 0.211 e. The third kappa shape index (κ3) is 4.34. The molecule has 3 saturated carbocycles. The van der Waals surface area contributed by atoms with Crippen molar-refractivity contribution in [2.45, 2.75) is 77.0 Å². The maximum atomic E-state index is 14.5. The van der Waals surface area contributed by atoms with Crippen LogP contribution < -0.4 is 0 Å². The fraction of sp³-hybridized carbons (Fsp3) is 0.541. The predicted molar refractivity (Wildman–Crippen MR) is 171 cm³/mol. The summed E-state index contributed by atoms with van der Waals surface area (Å²) in [6.45, 7) is 4.39. The van der Waals surface area contributed by atoms with Gasteiger partial charge in [-0.1, -0.05) is 62.4 Å². The maximum Gasteiger partial charge on any atom is 0.211 e. The van der Waals surface area contributed by atoms with E-state index in [9.17, 15) is 32.2 Å². The number of Topliss-reactive ketones (excluding diaryl/α,β-unsaturated/α-hetero) is 1. The van der Waals surface area contributed by atoms with E-state index in [1.165, 1.54) is 16.6 Å². The number of rotatable bonds is 7. The Labute approximate surface area is 270 Å². The van der Waals surface area contributed by atoms with E-state index in [1.807, 2.05) is 36.4 Å². The van der Waals surface area contributed by atoms with Gasteiger partial charge in [0.1, 0.15) is 0 Å². The van der Waals surface area contributed by atoms with Crippen molar-refractivity contribution in [2.75, 3.05) is 12.8 Å². The van der Waals surface area contributed by atoms with E-state index in [-0.39, 0.29) is 41.7 Å². The Hall–Kier alpha value is -2.72. The van der Waals surface area contributed by atoms with Gasteiger partial charge in [0.05, 0.1) is 18.0 Å². The van der Waals surface area contributed by atoms with Crippen LogP contribution in [0.2, 0.25) is 0 Å². The molecule has 8 rings (SSSR count). The summed E-state index contributed by atoms with van der Waals surface area (Å²) in [6, 6.07) is 12.6. The molecular formula is C37H43F2NO5S. The average molecular weight is 652 g/mol. The highest BCUT2D eigenvalue weighted by molar-refractivity contribution is 7.88. The van der Waals surface area contributed by atoms with Crippen LogP contribution >= 0.6 is 0 Å². The summed E-state index contributed by atoms with van der Waals surface area (Å²) >= 11 is 0. The average Bonchev–Trinajstić information content (AvgIpc) is 3.28. The number of carbonyl (C=O) groups excluding carboxylic acids is 1. The summed E-state index contributed by atoms with van der Waals surface area (Å²) in [5, 5.41) is 23.5. The van der Waals surface area contributed by atoms with Gasteiger partial charge in [-0.25, -0.2) is 17.2 Å². The normalized spacial score (nSPS) is 39.5. The molecule has 2 aromatic carbocycles. The number of ketones is 1. The zero-order chi connectivity index (χ0) is 32.9. The molecule has 2 N–H and O–H groups in total.